The van der Waals surface area contributed by atoms with Gasteiger partial charge in [-0.25, -0.2) is 4.98 Å². The Morgan fingerprint density at radius 1 is 1.21 bits per heavy atom. The molecule has 0 aliphatic heterocycles. The molecule has 70 valence electrons. The molecule has 0 atom stereocenters. The Kier molecular flexibility index (Phi) is 2.33. The molecule has 3 nitrogen and oxygen atoms in total. The maximum Gasteiger partial charge on any atom is 0.273 e. The minimum atomic E-state index is -0.194. The Morgan fingerprint density at radius 2 is 1.93 bits per heavy atom. The van der Waals surface area contributed by atoms with E-state index in [9.17, 15) is 4.79 Å². The SMILES string of the molecule is O=c1cnc(Cl)cn1-c1ccccc1. The normalized spacial score (nSPS) is 10.1. The van der Waals surface area contributed by atoms with Gasteiger partial charge in [-0.2, -0.15) is 0 Å². The highest BCUT2D eigenvalue weighted by atomic mass is 35.5. The molecule has 2 aromatic rings. The average Bonchev–Trinajstić information content (AvgIpc) is 2.23. The number of nitrogens with zero attached hydrogens (tertiary/aromatic N) is 2. The van der Waals surface area contributed by atoms with Crippen LogP contribution in [0.3, 0.4) is 0 Å². The third-order valence-corrected chi connectivity index (χ3v) is 2.00. The molecule has 4 heteroatoms. The van der Waals surface area contributed by atoms with E-state index >= 15 is 0 Å². The van der Waals surface area contributed by atoms with E-state index in [1.807, 2.05) is 30.3 Å². The van der Waals surface area contributed by atoms with Crippen molar-refractivity contribution >= 4 is 11.6 Å². The van der Waals surface area contributed by atoms with Crippen molar-refractivity contribution < 1.29 is 0 Å². The molecule has 1 aromatic carbocycles. The highest BCUT2D eigenvalue weighted by Crippen LogP contribution is 2.06. The Hall–Kier alpha value is -1.61. The number of hydrogen-bond acceptors (Lipinski definition) is 2. The number of para-hydroxylation sites is 1. The molecule has 0 radical (unpaired) electrons. The van der Waals surface area contributed by atoms with Gasteiger partial charge in [-0.15, -0.1) is 0 Å². The maximum absolute atomic E-state index is 11.4. The van der Waals surface area contributed by atoms with Gasteiger partial charge < -0.3 is 0 Å². The highest BCUT2D eigenvalue weighted by molar-refractivity contribution is 6.29. The van der Waals surface area contributed by atoms with Crippen LogP contribution >= 0.6 is 11.6 Å². The van der Waals surface area contributed by atoms with E-state index in [4.69, 9.17) is 11.6 Å². The molecule has 0 bridgehead atoms. The lowest BCUT2D eigenvalue weighted by atomic mass is 10.3. The second-order valence-corrected chi connectivity index (χ2v) is 3.14. The van der Waals surface area contributed by atoms with Crippen molar-refractivity contribution in [2.75, 3.05) is 0 Å². The monoisotopic (exact) mass is 206 g/mol. The van der Waals surface area contributed by atoms with Crippen LogP contribution in [0.1, 0.15) is 0 Å². The molecule has 2 rings (SSSR count). The Labute approximate surface area is 85.6 Å². The van der Waals surface area contributed by atoms with Crippen LogP contribution in [-0.4, -0.2) is 9.55 Å². The van der Waals surface area contributed by atoms with Gasteiger partial charge in [0.05, 0.1) is 6.20 Å². The zero-order valence-electron chi connectivity index (χ0n) is 7.22. The first-order valence-electron chi connectivity index (χ1n) is 4.07. The van der Waals surface area contributed by atoms with E-state index in [0.717, 1.165) is 5.69 Å². The summed E-state index contributed by atoms with van der Waals surface area (Å²) >= 11 is 5.70. The van der Waals surface area contributed by atoms with Gasteiger partial charge in [0, 0.05) is 11.9 Å². The van der Waals surface area contributed by atoms with Gasteiger partial charge in [0.1, 0.15) is 5.15 Å². The van der Waals surface area contributed by atoms with Gasteiger partial charge >= 0.3 is 0 Å². The Balaban J connectivity index is 2.63. The minimum Gasteiger partial charge on any atom is -0.280 e. The average molecular weight is 207 g/mol. The lowest BCUT2D eigenvalue weighted by Gasteiger charge is -2.03. The molecule has 0 saturated heterocycles. The van der Waals surface area contributed by atoms with Crippen LogP contribution in [0.4, 0.5) is 0 Å². The summed E-state index contributed by atoms with van der Waals surface area (Å²) in [5, 5.41) is 0.299. The largest absolute Gasteiger partial charge is 0.280 e. The first-order valence-corrected chi connectivity index (χ1v) is 4.45. The van der Waals surface area contributed by atoms with E-state index in [0.29, 0.717) is 5.15 Å². The summed E-state index contributed by atoms with van der Waals surface area (Å²) in [4.78, 5) is 15.1. The fourth-order valence-corrected chi connectivity index (χ4v) is 1.32. The van der Waals surface area contributed by atoms with Crippen molar-refractivity contribution in [3.63, 3.8) is 0 Å². The second kappa shape index (κ2) is 3.64. The van der Waals surface area contributed by atoms with Gasteiger partial charge in [0.15, 0.2) is 0 Å². The molecule has 0 amide bonds. The lowest BCUT2D eigenvalue weighted by Crippen LogP contribution is -2.17. The standard InChI is InChI=1S/C10H7ClN2O/c11-9-7-13(10(14)6-12-9)8-4-2-1-3-5-8/h1-7H. The summed E-state index contributed by atoms with van der Waals surface area (Å²) in [6.45, 7) is 0. The summed E-state index contributed by atoms with van der Waals surface area (Å²) in [5.74, 6) is 0. The zero-order chi connectivity index (χ0) is 9.97. The topological polar surface area (TPSA) is 34.9 Å². The summed E-state index contributed by atoms with van der Waals surface area (Å²) in [7, 11) is 0. The molecule has 1 aromatic heterocycles. The smallest absolute Gasteiger partial charge is 0.273 e. The number of benzene rings is 1. The van der Waals surface area contributed by atoms with Crippen molar-refractivity contribution in [3.8, 4) is 5.69 Å². The van der Waals surface area contributed by atoms with Crippen molar-refractivity contribution in [3.05, 3.63) is 58.2 Å². The quantitative estimate of drug-likeness (QED) is 0.714. The van der Waals surface area contributed by atoms with E-state index in [1.54, 1.807) is 0 Å². The van der Waals surface area contributed by atoms with Crippen molar-refractivity contribution in [1.29, 1.82) is 0 Å². The van der Waals surface area contributed by atoms with Crippen molar-refractivity contribution in [2.45, 2.75) is 0 Å². The number of halogens is 1. The third kappa shape index (κ3) is 1.67. The van der Waals surface area contributed by atoms with Gasteiger partial charge in [0.25, 0.3) is 5.56 Å². The second-order valence-electron chi connectivity index (χ2n) is 2.75. The molecule has 1 heterocycles. The lowest BCUT2D eigenvalue weighted by molar-refractivity contribution is 0.956. The molecule has 0 spiro atoms. The Bertz CT molecular complexity index is 493. The van der Waals surface area contributed by atoms with Crippen LogP contribution in [0.2, 0.25) is 5.15 Å². The summed E-state index contributed by atoms with van der Waals surface area (Å²) in [5.41, 5.74) is 0.586. The van der Waals surface area contributed by atoms with E-state index in [1.165, 1.54) is 17.0 Å². The van der Waals surface area contributed by atoms with Gasteiger partial charge in [-0.05, 0) is 12.1 Å². The molecule has 14 heavy (non-hydrogen) atoms. The molecule has 0 N–H and O–H groups in total. The molecule has 0 aliphatic carbocycles. The van der Waals surface area contributed by atoms with Crippen LogP contribution in [0.15, 0.2) is 47.5 Å². The Morgan fingerprint density at radius 3 is 2.64 bits per heavy atom. The van der Waals surface area contributed by atoms with Crippen LogP contribution in [0.25, 0.3) is 5.69 Å². The molecule has 0 fully saturated rings. The molecular formula is C10H7ClN2O. The summed E-state index contributed by atoms with van der Waals surface area (Å²) in [6, 6.07) is 9.26. The number of rotatable bonds is 1. The molecular weight excluding hydrogens is 200 g/mol. The number of aromatic nitrogens is 2. The molecule has 0 unspecified atom stereocenters. The predicted octanol–water partition coefficient (Wildman–Crippen LogP) is 1.89. The van der Waals surface area contributed by atoms with Crippen molar-refractivity contribution in [2.24, 2.45) is 0 Å². The first kappa shape index (κ1) is 8.97. The highest BCUT2D eigenvalue weighted by Gasteiger charge is 1.99. The van der Waals surface area contributed by atoms with E-state index in [-0.39, 0.29) is 5.56 Å². The van der Waals surface area contributed by atoms with Gasteiger partial charge in [-0.3, -0.25) is 9.36 Å². The van der Waals surface area contributed by atoms with Gasteiger partial charge in [-0.1, -0.05) is 29.8 Å². The van der Waals surface area contributed by atoms with Crippen LogP contribution in [-0.2, 0) is 0 Å². The minimum absolute atomic E-state index is 0.194. The maximum atomic E-state index is 11.4. The summed E-state index contributed by atoms with van der Waals surface area (Å²) < 4.78 is 1.45. The molecule has 0 saturated carbocycles. The third-order valence-electron chi connectivity index (χ3n) is 1.81. The van der Waals surface area contributed by atoms with Crippen LogP contribution < -0.4 is 5.56 Å². The molecule has 0 aliphatic rings. The van der Waals surface area contributed by atoms with Crippen molar-refractivity contribution in [1.82, 2.24) is 9.55 Å². The van der Waals surface area contributed by atoms with E-state index < -0.39 is 0 Å². The number of hydrogen-bond donors (Lipinski definition) is 0. The zero-order valence-corrected chi connectivity index (χ0v) is 7.98. The first-order chi connectivity index (χ1) is 6.77. The fourth-order valence-electron chi connectivity index (χ4n) is 1.17. The predicted molar refractivity (Wildman–Crippen MR) is 54.8 cm³/mol. The van der Waals surface area contributed by atoms with Crippen LogP contribution in [0.5, 0.6) is 0 Å². The van der Waals surface area contributed by atoms with Crippen LogP contribution in [0, 0.1) is 0 Å². The summed E-state index contributed by atoms with van der Waals surface area (Å²) in [6.07, 6.45) is 2.70. The fraction of sp³-hybridized carbons (Fsp3) is 0. The van der Waals surface area contributed by atoms with E-state index in [2.05, 4.69) is 4.98 Å². The van der Waals surface area contributed by atoms with Gasteiger partial charge in [0.2, 0.25) is 0 Å².